The summed E-state index contributed by atoms with van der Waals surface area (Å²) >= 11 is 0. The van der Waals surface area contributed by atoms with E-state index in [1.807, 2.05) is 32.0 Å². The number of ether oxygens (including phenoxy) is 1. The van der Waals surface area contributed by atoms with Crippen LogP contribution in [0.3, 0.4) is 0 Å². The summed E-state index contributed by atoms with van der Waals surface area (Å²) in [5.74, 6) is -1.44. The van der Waals surface area contributed by atoms with E-state index in [2.05, 4.69) is 5.32 Å². The summed E-state index contributed by atoms with van der Waals surface area (Å²) in [6.45, 7) is 5.45. The molecule has 0 aromatic heterocycles. The molecular weight excluding hydrogens is 309 g/mol. The molecular formula is C19H20FNO3. The van der Waals surface area contributed by atoms with E-state index in [4.69, 9.17) is 4.74 Å². The van der Waals surface area contributed by atoms with Crippen LogP contribution in [0.5, 0.6) is 0 Å². The van der Waals surface area contributed by atoms with Crippen molar-refractivity contribution >= 4 is 17.6 Å². The van der Waals surface area contributed by atoms with Gasteiger partial charge in [0.1, 0.15) is 5.82 Å². The summed E-state index contributed by atoms with van der Waals surface area (Å²) in [7, 11) is 0. The van der Waals surface area contributed by atoms with Crippen LogP contribution in [0.15, 0.2) is 42.5 Å². The van der Waals surface area contributed by atoms with Crippen molar-refractivity contribution < 1.29 is 18.7 Å². The highest BCUT2D eigenvalue weighted by Crippen LogP contribution is 2.12. The summed E-state index contributed by atoms with van der Waals surface area (Å²) in [4.78, 5) is 24.0. The number of anilines is 1. The number of amides is 1. The van der Waals surface area contributed by atoms with Crippen LogP contribution in [0.1, 0.15) is 23.6 Å². The highest BCUT2D eigenvalue weighted by molar-refractivity contribution is 5.95. The molecule has 2 aromatic rings. The van der Waals surface area contributed by atoms with Crippen molar-refractivity contribution in [2.24, 2.45) is 0 Å². The van der Waals surface area contributed by atoms with Crippen LogP contribution in [-0.2, 0) is 20.7 Å². The van der Waals surface area contributed by atoms with Crippen LogP contribution in [0.2, 0.25) is 0 Å². The van der Waals surface area contributed by atoms with Gasteiger partial charge in [-0.2, -0.15) is 0 Å². The van der Waals surface area contributed by atoms with Gasteiger partial charge in [0.25, 0.3) is 5.91 Å². The van der Waals surface area contributed by atoms with Crippen LogP contribution >= 0.6 is 0 Å². The van der Waals surface area contributed by atoms with E-state index in [1.54, 1.807) is 6.07 Å². The third kappa shape index (κ3) is 4.91. The minimum atomic E-state index is -0.965. The summed E-state index contributed by atoms with van der Waals surface area (Å²) in [5, 5.41) is 2.51. The summed E-state index contributed by atoms with van der Waals surface area (Å²) < 4.78 is 18.2. The van der Waals surface area contributed by atoms with E-state index in [0.29, 0.717) is 5.69 Å². The Bertz CT molecular complexity index is 758. The van der Waals surface area contributed by atoms with Crippen LogP contribution in [0, 0.1) is 19.7 Å². The second-order valence-corrected chi connectivity index (χ2v) is 5.73. The van der Waals surface area contributed by atoms with Gasteiger partial charge in [0.05, 0.1) is 6.42 Å². The van der Waals surface area contributed by atoms with Crippen molar-refractivity contribution in [2.75, 3.05) is 5.32 Å². The van der Waals surface area contributed by atoms with E-state index in [-0.39, 0.29) is 6.42 Å². The molecule has 0 aliphatic carbocycles. The molecule has 0 radical (unpaired) electrons. The Kier molecular flexibility index (Phi) is 5.68. The highest BCUT2D eigenvalue weighted by atomic mass is 19.1. The SMILES string of the molecule is Cc1ccc(CC(=O)O[C@H](C)C(=O)Nc2cccc(F)c2)cc1C. The Hall–Kier alpha value is -2.69. The van der Waals surface area contributed by atoms with Gasteiger partial charge < -0.3 is 10.1 Å². The molecule has 1 atom stereocenters. The largest absolute Gasteiger partial charge is 0.452 e. The lowest BCUT2D eigenvalue weighted by atomic mass is 10.0. The Balaban J connectivity index is 1.90. The fourth-order valence-electron chi connectivity index (χ4n) is 2.18. The lowest BCUT2D eigenvalue weighted by Crippen LogP contribution is -2.30. The molecule has 0 fully saturated rings. The standard InChI is InChI=1S/C19H20FNO3/c1-12-7-8-15(9-13(12)2)10-18(22)24-14(3)19(23)21-17-6-4-5-16(20)11-17/h4-9,11,14H,10H2,1-3H3,(H,21,23)/t14-/m1/s1. The number of hydrogen-bond donors (Lipinski definition) is 1. The molecule has 1 N–H and O–H groups in total. The average Bonchev–Trinajstić information content (AvgIpc) is 2.50. The topological polar surface area (TPSA) is 55.4 Å². The van der Waals surface area contributed by atoms with E-state index < -0.39 is 23.8 Å². The Labute approximate surface area is 140 Å². The van der Waals surface area contributed by atoms with Crippen molar-refractivity contribution in [3.8, 4) is 0 Å². The lowest BCUT2D eigenvalue weighted by Gasteiger charge is -2.14. The first-order valence-corrected chi connectivity index (χ1v) is 7.67. The summed E-state index contributed by atoms with van der Waals surface area (Å²) in [6, 6.07) is 11.3. The van der Waals surface area contributed by atoms with Gasteiger partial charge in [0.15, 0.2) is 6.10 Å². The van der Waals surface area contributed by atoms with Gasteiger partial charge in [-0.05, 0) is 55.7 Å². The van der Waals surface area contributed by atoms with Crippen LogP contribution in [-0.4, -0.2) is 18.0 Å². The number of carbonyl (C=O) groups is 2. The first-order chi connectivity index (χ1) is 11.3. The van der Waals surface area contributed by atoms with Gasteiger partial charge in [0, 0.05) is 5.69 Å². The maximum atomic E-state index is 13.1. The molecule has 0 bridgehead atoms. The highest BCUT2D eigenvalue weighted by Gasteiger charge is 2.18. The average molecular weight is 329 g/mol. The van der Waals surface area contributed by atoms with Crippen molar-refractivity contribution in [2.45, 2.75) is 33.3 Å². The number of carbonyl (C=O) groups excluding carboxylic acids is 2. The summed E-state index contributed by atoms with van der Waals surface area (Å²) in [6.07, 6.45) is -0.870. The first kappa shape index (κ1) is 17.7. The van der Waals surface area contributed by atoms with Gasteiger partial charge in [-0.1, -0.05) is 24.3 Å². The maximum Gasteiger partial charge on any atom is 0.311 e. The lowest BCUT2D eigenvalue weighted by molar-refractivity contribution is -0.152. The zero-order valence-corrected chi connectivity index (χ0v) is 13.9. The van der Waals surface area contributed by atoms with Crippen molar-refractivity contribution in [1.29, 1.82) is 0 Å². The molecule has 0 saturated heterocycles. The molecule has 0 spiro atoms. The van der Waals surface area contributed by atoms with Crippen molar-refractivity contribution in [3.05, 3.63) is 65.0 Å². The van der Waals surface area contributed by atoms with Crippen LogP contribution < -0.4 is 5.32 Å². The molecule has 5 heteroatoms. The molecule has 4 nitrogen and oxygen atoms in total. The fraction of sp³-hybridized carbons (Fsp3) is 0.263. The predicted molar refractivity (Wildman–Crippen MR) is 90.2 cm³/mol. The Morgan fingerprint density at radius 2 is 1.88 bits per heavy atom. The molecule has 2 rings (SSSR count). The Morgan fingerprint density at radius 1 is 1.12 bits per heavy atom. The van der Waals surface area contributed by atoms with E-state index in [9.17, 15) is 14.0 Å². The van der Waals surface area contributed by atoms with Crippen LogP contribution in [0.4, 0.5) is 10.1 Å². The minimum Gasteiger partial charge on any atom is -0.452 e. The van der Waals surface area contributed by atoms with Gasteiger partial charge >= 0.3 is 5.97 Å². The smallest absolute Gasteiger partial charge is 0.311 e. The normalized spacial score (nSPS) is 11.7. The molecule has 126 valence electrons. The first-order valence-electron chi connectivity index (χ1n) is 7.67. The molecule has 0 saturated carbocycles. The quantitative estimate of drug-likeness (QED) is 0.854. The fourth-order valence-corrected chi connectivity index (χ4v) is 2.18. The second-order valence-electron chi connectivity index (χ2n) is 5.73. The molecule has 0 heterocycles. The van der Waals surface area contributed by atoms with E-state index in [0.717, 1.165) is 16.7 Å². The molecule has 0 unspecified atom stereocenters. The minimum absolute atomic E-state index is 0.0959. The predicted octanol–water partition coefficient (Wildman–Crippen LogP) is 3.56. The van der Waals surface area contributed by atoms with E-state index in [1.165, 1.54) is 25.1 Å². The van der Waals surface area contributed by atoms with Gasteiger partial charge in [-0.15, -0.1) is 0 Å². The van der Waals surface area contributed by atoms with Crippen molar-refractivity contribution in [3.63, 3.8) is 0 Å². The molecule has 2 aromatic carbocycles. The number of benzene rings is 2. The number of rotatable bonds is 5. The van der Waals surface area contributed by atoms with Gasteiger partial charge in [-0.25, -0.2) is 4.39 Å². The number of halogens is 1. The number of aryl methyl sites for hydroxylation is 2. The third-order valence-corrected chi connectivity index (χ3v) is 3.69. The Morgan fingerprint density at radius 3 is 2.54 bits per heavy atom. The van der Waals surface area contributed by atoms with Gasteiger partial charge in [0.2, 0.25) is 0 Å². The van der Waals surface area contributed by atoms with Crippen LogP contribution in [0.25, 0.3) is 0 Å². The van der Waals surface area contributed by atoms with E-state index >= 15 is 0 Å². The van der Waals surface area contributed by atoms with Gasteiger partial charge in [-0.3, -0.25) is 9.59 Å². The summed E-state index contributed by atoms with van der Waals surface area (Å²) in [5.41, 5.74) is 3.39. The molecule has 0 aliphatic heterocycles. The number of nitrogens with one attached hydrogen (secondary N) is 1. The zero-order chi connectivity index (χ0) is 17.7. The second kappa shape index (κ2) is 7.73. The van der Waals surface area contributed by atoms with Crippen molar-refractivity contribution in [1.82, 2.24) is 0 Å². The number of hydrogen-bond acceptors (Lipinski definition) is 3. The third-order valence-electron chi connectivity index (χ3n) is 3.69. The molecule has 1 amide bonds. The molecule has 24 heavy (non-hydrogen) atoms. The number of esters is 1. The maximum absolute atomic E-state index is 13.1. The monoisotopic (exact) mass is 329 g/mol. The zero-order valence-electron chi connectivity index (χ0n) is 13.9. The molecule has 0 aliphatic rings.